The van der Waals surface area contributed by atoms with Crippen molar-refractivity contribution in [2.45, 2.75) is 6.54 Å². The van der Waals surface area contributed by atoms with E-state index in [-0.39, 0.29) is 17.9 Å². The maximum Gasteiger partial charge on any atom is 0.354 e. The van der Waals surface area contributed by atoms with Crippen molar-refractivity contribution in [1.82, 2.24) is 25.1 Å². The second-order valence-electron chi connectivity index (χ2n) is 3.75. The van der Waals surface area contributed by atoms with Gasteiger partial charge in [-0.15, -0.1) is 10.2 Å². The van der Waals surface area contributed by atoms with Crippen molar-refractivity contribution >= 4 is 11.9 Å². The first-order valence-corrected chi connectivity index (χ1v) is 5.39. The van der Waals surface area contributed by atoms with Crippen LogP contribution in [0, 0.1) is 0 Å². The van der Waals surface area contributed by atoms with E-state index in [0.29, 0.717) is 5.82 Å². The number of carboxylic acid groups (broad SMARTS) is 1. The second-order valence-corrected chi connectivity index (χ2v) is 3.75. The van der Waals surface area contributed by atoms with Crippen molar-refractivity contribution in [3.8, 4) is 0 Å². The Hall–Kier alpha value is -2.77. The molecule has 98 valence electrons. The lowest BCUT2D eigenvalue weighted by atomic mass is 10.3. The first-order valence-electron chi connectivity index (χ1n) is 5.39. The summed E-state index contributed by atoms with van der Waals surface area (Å²) in [5.41, 5.74) is -0.131. The van der Waals surface area contributed by atoms with Crippen LogP contribution in [0.5, 0.6) is 0 Å². The molecule has 1 amide bonds. The van der Waals surface area contributed by atoms with Crippen LogP contribution in [0.15, 0.2) is 24.5 Å². The van der Waals surface area contributed by atoms with Gasteiger partial charge in [0, 0.05) is 7.05 Å². The number of aryl methyl sites for hydroxylation is 1. The van der Waals surface area contributed by atoms with E-state index in [0.717, 1.165) is 0 Å². The van der Waals surface area contributed by atoms with Crippen LogP contribution in [0.2, 0.25) is 0 Å². The number of aromatic nitrogens is 4. The normalized spacial score (nSPS) is 10.2. The van der Waals surface area contributed by atoms with Gasteiger partial charge in [-0.2, -0.15) is 0 Å². The lowest BCUT2D eigenvalue weighted by molar-refractivity contribution is 0.0690. The van der Waals surface area contributed by atoms with Crippen molar-refractivity contribution in [3.63, 3.8) is 0 Å². The summed E-state index contributed by atoms with van der Waals surface area (Å²) in [6.07, 6.45) is 1.52. The predicted octanol–water partition coefficient (Wildman–Crippen LogP) is -0.162. The summed E-state index contributed by atoms with van der Waals surface area (Å²) in [6.45, 7) is 0.189. The molecule has 0 aliphatic rings. The zero-order valence-electron chi connectivity index (χ0n) is 10.1. The van der Waals surface area contributed by atoms with Gasteiger partial charge >= 0.3 is 5.97 Å². The fourth-order valence-corrected chi connectivity index (χ4v) is 1.40. The van der Waals surface area contributed by atoms with E-state index in [1.807, 2.05) is 0 Å². The number of amides is 1. The van der Waals surface area contributed by atoms with Crippen molar-refractivity contribution in [3.05, 3.63) is 41.7 Å². The second kappa shape index (κ2) is 5.25. The smallest absolute Gasteiger partial charge is 0.354 e. The highest BCUT2D eigenvalue weighted by Gasteiger charge is 2.11. The highest BCUT2D eigenvalue weighted by Crippen LogP contribution is 2.00. The minimum Gasteiger partial charge on any atom is -0.477 e. The fourth-order valence-electron chi connectivity index (χ4n) is 1.40. The average molecular weight is 261 g/mol. The Morgan fingerprint density at radius 1 is 1.37 bits per heavy atom. The van der Waals surface area contributed by atoms with Gasteiger partial charge in [-0.1, -0.05) is 6.07 Å². The first kappa shape index (κ1) is 12.7. The Bertz CT molecular complexity index is 622. The summed E-state index contributed by atoms with van der Waals surface area (Å²) in [4.78, 5) is 26.3. The molecule has 0 spiro atoms. The molecule has 0 radical (unpaired) electrons. The number of nitrogens with one attached hydrogen (secondary N) is 1. The lowest BCUT2D eigenvalue weighted by Gasteiger charge is -2.04. The zero-order valence-corrected chi connectivity index (χ0v) is 10.1. The Balaban J connectivity index is 2.06. The predicted molar refractivity (Wildman–Crippen MR) is 63.4 cm³/mol. The summed E-state index contributed by atoms with van der Waals surface area (Å²) in [5, 5.41) is 18.9. The molecular weight excluding hydrogens is 250 g/mol. The van der Waals surface area contributed by atoms with Crippen LogP contribution in [0.1, 0.15) is 26.8 Å². The number of aromatic carboxylic acids is 1. The van der Waals surface area contributed by atoms with Crippen LogP contribution in [0.4, 0.5) is 0 Å². The molecule has 2 heterocycles. The third kappa shape index (κ3) is 2.92. The monoisotopic (exact) mass is 261 g/mol. The molecule has 2 rings (SSSR count). The third-order valence-electron chi connectivity index (χ3n) is 2.41. The van der Waals surface area contributed by atoms with E-state index in [2.05, 4.69) is 20.5 Å². The van der Waals surface area contributed by atoms with E-state index in [4.69, 9.17) is 5.11 Å². The molecule has 19 heavy (non-hydrogen) atoms. The van der Waals surface area contributed by atoms with Crippen molar-refractivity contribution in [2.24, 2.45) is 7.05 Å². The van der Waals surface area contributed by atoms with Gasteiger partial charge in [-0.25, -0.2) is 9.78 Å². The first-order chi connectivity index (χ1) is 9.08. The van der Waals surface area contributed by atoms with Gasteiger partial charge < -0.3 is 15.0 Å². The average Bonchev–Trinajstić information content (AvgIpc) is 2.81. The molecule has 0 saturated heterocycles. The van der Waals surface area contributed by atoms with Gasteiger partial charge in [0.05, 0.1) is 6.54 Å². The van der Waals surface area contributed by atoms with Gasteiger partial charge in [0.25, 0.3) is 5.91 Å². The molecule has 8 heteroatoms. The number of carbonyl (C=O) groups is 2. The molecule has 0 aliphatic heterocycles. The van der Waals surface area contributed by atoms with Gasteiger partial charge in [-0.3, -0.25) is 4.79 Å². The molecule has 0 bridgehead atoms. The standard InChI is InChI=1S/C11H11N5O3/c1-16-6-13-15-9(16)5-12-10(17)7-3-2-4-8(14-7)11(18)19/h2-4,6H,5H2,1H3,(H,12,17)(H,18,19). The largest absolute Gasteiger partial charge is 0.477 e. The SMILES string of the molecule is Cn1cnnc1CNC(=O)c1cccc(C(=O)O)n1. The minimum atomic E-state index is -1.18. The quantitative estimate of drug-likeness (QED) is 0.791. The molecule has 0 atom stereocenters. The van der Waals surface area contributed by atoms with Crippen LogP contribution in [0.3, 0.4) is 0 Å². The molecule has 0 unspecified atom stereocenters. The van der Waals surface area contributed by atoms with Crippen LogP contribution in [0.25, 0.3) is 0 Å². The van der Waals surface area contributed by atoms with E-state index < -0.39 is 11.9 Å². The molecule has 0 saturated carbocycles. The third-order valence-corrected chi connectivity index (χ3v) is 2.41. The van der Waals surface area contributed by atoms with E-state index in [9.17, 15) is 9.59 Å². The van der Waals surface area contributed by atoms with Crippen molar-refractivity contribution in [1.29, 1.82) is 0 Å². The van der Waals surface area contributed by atoms with Gasteiger partial charge in [0.15, 0.2) is 5.82 Å². The molecule has 8 nitrogen and oxygen atoms in total. The number of rotatable bonds is 4. The van der Waals surface area contributed by atoms with Crippen molar-refractivity contribution < 1.29 is 14.7 Å². The molecule has 0 aliphatic carbocycles. The van der Waals surface area contributed by atoms with Gasteiger partial charge in [0.2, 0.25) is 0 Å². The molecule has 0 aromatic carbocycles. The van der Waals surface area contributed by atoms with Crippen LogP contribution in [-0.2, 0) is 13.6 Å². The maximum atomic E-state index is 11.8. The fraction of sp³-hybridized carbons (Fsp3) is 0.182. The number of hydrogen-bond acceptors (Lipinski definition) is 5. The van der Waals surface area contributed by atoms with Crippen LogP contribution in [-0.4, -0.2) is 36.7 Å². The maximum absolute atomic E-state index is 11.8. The number of carbonyl (C=O) groups excluding carboxylic acids is 1. The van der Waals surface area contributed by atoms with E-state index in [1.165, 1.54) is 24.5 Å². The van der Waals surface area contributed by atoms with Crippen LogP contribution < -0.4 is 5.32 Å². The highest BCUT2D eigenvalue weighted by molar-refractivity contribution is 5.94. The lowest BCUT2D eigenvalue weighted by Crippen LogP contribution is -2.25. The molecule has 2 aromatic rings. The summed E-state index contributed by atoms with van der Waals surface area (Å²) < 4.78 is 1.67. The highest BCUT2D eigenvalue weighted by atomic mass is 16.4. The molecule has 2 N–H and O–H groups in total. The van der Waals surface area contributed by atoms with Gasteiger partial charge in [0.1, 0.15) is 17.7 Å². The number of carboxylic acids is 1. The minimum absolute atomic E-state index is 0.0436. The number of nitrogens with zero attached hydrogens (tertiary/aromatic N) is 4. The Kier molecular flexibility index (Phi) is 3.51. The molecule has 2 aromatic heterocycles. The Morgan fingerprint density at radius 3 is 2.74 bits per heavy atom. The molecular formula is C11H11N5O3. The molecule has 0 fully saturated rings. The van der Waals surface area contributed by atoms with E-state index >= 15 is 0 Å². The summed E-state index contributed by atoms with van der Waals surface area (Å²) in [7, 11) is 1.75. The van der Waals surface area contributed by atoms with Crippen molar-refractivity contribution in [2.75, 3.05) is 0 Å². The summed E-state index contributed by atoms with van der Waals surface area (Å²) in [6, 6.07) is 4.23. The zero-order chi connectivity index (χ0) is 13.8. The summed E-state index contributed by atoms with van der Waals surface area (Å²) >= 11 is 0. The number of pyridine rings is 1. The Morgan fingerprint density at radius 2 is 2.11 bits per heavy atom. The Labute approximate surface area is 108 Å². The topological polar surface area (TPSA) is 110 Å². The number of hydrogen-bond donors (Lipinski definition) is 2. The summed E-state index contributed by atoms with van der Waals surface area (Å²) in [5.74, 6) is -1.06. The van der Waals surface area contributed by atoms with Gasteiger partial charge in [-0.05, 0) is 12.1 Å². The van der Waals surface area contributed by atoms with E-state index in [1.54, 1.807) is 11.6 Å². The van der Waals surface area contributed by atoms with Crippen LogP contribution >= 0.6 is 0 Å².